The molecule has 0 bridgehead atoms. The molecule has 1 aromatic rings. The molecule has 4 nitrogen and oxygen atoms in total. The second kappa shape index (κ2) is 4.69. The minimum Gasteiger partial charge on any atom is -0.477 e. The number of carbonyl (C=O) groups is 1. The lowest BCUT2D eigenvalue weighted by molar-refractivity contribution is 0.0690. The number of nitrogens with one attached hydrogen (secondary N) is 1. The van der Waals surface area contributed by atoms with Crippen LogP contribution in [0.3, 0.4) is 0 Å². The van der Waals surface area contributed by atoms with Gasteiger partial charge in [0.15, 0.2) is 0 Å². The molecule has 0 amide bonds. The summed E-state index contributed by atoms with van der Waals surface area (Å²) in [6, 6.07) is 5.80. The van der Waals surface area contributed by atoms with Gasteiger partial charge in [0, 0.05) is 12.6 Å². The average Bonchev–Trinajstić information content (AvgIpc) is 3.23. The topological polar surface area (TPSA) is 62.2 Å². The number of pyridine rings is 1. The molecule has 0 saturated heterocycles. The Morgan fingerprint density at radius 3 is 2.56 bits per heavy atom. The van der Waals surface area contributed by atoms with Crippen molar-refractivity contribution in [1.29, 1.82) is 0 Å². The third kappa shape index (κ3) is 2.70. The Kier molecular flexibility index (Phi) is 3.04. The van der Waals surface area contributed by atoms with E-state index in [2.05, 4.69) is 10.3 Å². The number of carboxylic acids is 1. The normalized spacial score (nSPS) is 19.2. The number of rotatable bonds is 6. The molecule has 2 aliphatic rings. The van der Waals surface area contributed by atoms with Crippen LogP contribution in [0.25, 0.3) is 0 Å². The molecule has 0 atom stereocenters. The van der Waals surface area contributed by atoms with E-state index in [0.29, 0.717) is 12.6 Å². The lowest BCUT2D eigenvalue weighted by atomic mass is 10.1. The monoisotopic (exact) mass is 246 g/mol. The van der Waals surface area contributed by atoms with Gasteiger partial charge in [-0.3, -0.25) is 0 Å². The molecule has 1 aromatic heterocycles. The Bertz CT molecular complexity index is 441. The highest BCUT2D eigenvalue weighted by atomic mass is 16.4. The van der Waals surface area contributed by atoms with E-state index in [4.69, 9.17) is 5.11 Å². The Hall–Kier alpha value is -1.42. The van der Waals surface area contributed by atoms with Crippen molar-refractivity contribution in [1.82, 2.24) is 10.3 Å². The van der Waals surface area contributed by atoms with Gasteiger partial charge in [0.05, 0.1) is 5.69 Å². The smallest absolute Gasteiger partial charge is 0.354 e. The van der Waals surface area contributed by atoms with Crippen LogP contribution in [0.1, 0.15) is 41.9 Å². The predicted molar refractivity (Wildman–Crippen MR) is 67.3 cm³/mol. The van der Waals surface area contributed by atoms with Crippen molar-refractivity contribution >= 4 is 5.97 Å². The SMILES string of the molecule is O=C(O)c1cccc(CNC(C2CC2)C2CC2)n1. The van der Waals surface area contributed by atoms with Gasteiger partial charge in [0.1, 0.15) is 5.69 Å². The van der Waals surface area contributed by atoms with E-state index in [9.17, 15) is 4.79 Å². The second-order valence-electron chi connectivity index (χ2n) is 5.40. The number of aromatic nitrogens is 1. The molecule has 0 aromatic carbocycles. The van der Waals surface area contributed by atoms with Crippen LogP contribution in [-0.2, 0) is 6.54 Å². The molecule has 0 unspecified atom stereocenters. The van der Waals surface area contributed by atoms with Crippen molar-refractivity contribution in [2.24, 2.45) is 11.8 Å². The van der Waals surface area contributed by atoms with Gasteiger partial charge in [-0.15, -0.1) is 0 Å². The van der Waals surface area contributed by atoms with Gasteiger partial charge >= 0.3 is 5.97 Å². The summed E-state index contributed by atoms with van der Waals surface area (Å²) in [6.07, 6.45) is 5.38. The summed E-state index contributed by atoms with van der Waals surface area (Å²) in [4.78, 5) is 15.0. The fourth-order valence-electron chi connectivity index (χ4n) is 2.55. The quantitative estimate of drug-likeness (QED) is 0.806. The van der Waals surface area contributed by atoms with E-state index in [1.54, 1.807) is 6.07 Å². The number of hydrogen-bond acceptors (Lipinski definition) is 3. The largest absolute Gasteiger partial charge is 0.477 e. The minimum absolute atomic E-state index is 0.128. The lowest BCUT2D eigenvalue weighted by Crippen LogP contribution is -2.32. The summed E-state index contributed by atoms with van der Waals surface area (Å²) in [5.41, 5.74) is 0.949. The molecule has 18 heavy (non-hydrogen) atoms. The summed E-state index contributed by atoms with van der Waals surface area (Å²) in [5, 5.41) is 12.5. The maximum absolute atomic E-state index is 10.8. The molecule has 2 fully saturated rings. The highest BCUT2D eigenvalue weighted by Gasteiger charge is 2.40. The fourth-order valence-corrected chi connectivity index (χ4v) is 2.55. The molecule has 2 aliphatic carbocycles. The average molecular weight is 246 g/mol. The van der Waals surface area contributed by atoms with Crippen LogP contribution in [0.5, 0.6) is 0 Å². The molecule has 1 heterocycles. The highest BCUT2D eigenvalue weighted by molar-refractivity contribution is 5.85. The summed E-state index contributed by atoms with van der Waals surface area (Å²) >= 11 is 0. The maximum atomic E-state index is 10.8. The maximum Gasteiger partial charge on any atom is 0.354 e. The Morgan fingerprint density at radius 2 is 2.00 bits per heavy atom. The zero-order valence-electron chi connectivity index (χ0n) is 10.3. The first-order chi connectivity index (χ1) is 8.74. The van der Waals surface area contributed by atoms with E-state index >= 15 is 0 Å². The number of nitrogens with zero attached hydrogens (tertiary/aromatic N) is 1. The third-order valence-corrected chi connectivity index (χ3v) is 3.80. The summed E-state index contributed by atoms with van der Waals surface area (Å²) in [7, 11) is 0. The molecule has 0 aliphatic heterocycles. The minimum atomic E-state index is -0.960. The highest BCUT2D eigenvalue weighted by Crippen LogP contribution is 2.44. The van der Waals surface area contributed by atoms with E-state index in [-0.39, 0.29) is 5.69 Å². The van der Waals surface area contributed by atoms with Gasteiger partial charge in [-0.1, -0.05) is 6.07 Å². The Labute approximate surface area is 106 Å². The fraction of sp³-hybridized carbons (Fsp3) is 0.571. The summed E-state index contributed by atoms with van der Waals surface area (Å²) in [6.45, 7) is 0.679. The van der Waals surface area contributed by atoms with Crippen LogP contribution < -0.4 is 5.32 Å². The predicted octanol–water partition coefficient (Wildman–Crippen LogP) is 2.06. The first kappa shape index (κ1) is 11.7. The molecule has 2 N–H and O–H groups in total. The Balaban J connectivity index is 1.61. The van der Waals surface area contributed by atoms with Gasteiger partial charge in [-0.05, 0) is 49.7 Å². The second-order valence-corrected chi connectivity index (χ2v) is 5.40. The van der Waals surface area contributed by atoms with E-state index < -0.39 is 5.97 Å². The van der Waals surface area contributed by atoms with Crippen molar-refractivity contribution in [3.8, 4) is 0 Å². The van der Waals surface area contributed by atoms with Crippen molar-refractivity contribution in [3.63, 3.8) is 0 Å². The number of hydrogen-bond donors (Lipinski definition) is 2. The molecule has 0 spiro atoms. The van der Waals surface area contributed by atoms with Gasteiger partial charge in [-0.25, -0.2) is 9.78 Å². The van der Waals surface area contributed by atoms with Crippen LogP contribution in [0.4, 0.5) is 0 Å². The van der Waals surface area contributed by atoms with E-state index in [1.807, 2.05) is 6.07 Å². The van der Waals surface area contributed by atoms with Crippen molar-refractivity contribution in [3.05, 3.63) is 29.6 Å². The standard InChI is InChI=1S/C14H18N2O2/c17-14(18)12-3-1-2-11(16-12)8-15-13(9-4-5-9)10-6-7-10/h1-3,9-10,13,15H,4-8H2,(H,17,18). The first-order valence-electron chi connectivity index (χ1n) is 6.66. The summed E-state index contributed by atoms with van der Waals surface area (Å²) in [5.74, 6) is 0.734. The van der Waals surface area contributed by atoms with Crippen LogP contribution in [-0.4, -0.2) is 22.1 Å². The molecule has 2 saturated carbocycles. The molecule has 4 heteroatoms. The van der Waals surface area contributed by atoms with Crippen molar-refractivity contribution in [2.75, 3.05) is 0 Å². The zero-order chi connectivity index (χ0) is 12.5. The van der Waals surface area contributed by atoms with Crippen molar-refractivity contribution in [2.45, 2.75) is 38.3 Å². The van der Waals surface area contributed by atoms with Crippen LogP contribution in [0.2, 0.25) is 0 Å². The van der Waals surface area contributed by atoms with E-state index in [1.165, 1.54) is 31.7 Å². The van der Waals surface area contributed by atoms with Crippen molar-refractivity contribution < 1.29 is 9.90 Å². The van der Waals surface area contributed by atoms with Crippen LogP contribution >= 0.6 is 0 Å². The van der Waals surface area contributed by atoms with Crippen LogP contribution in [0.15, 0.2) is 18.2 Å². The van der Waals surface area contributed by atoms with Gasteiger partial charge in [0.25, 0.3) is 0 Å². The summed E-state index contributed by atoms with van der Waals surface area (Å²) < 4.78 is 0. The van der Waals surface area contributed by atoms with Gasteiger partial charge < -0.3 is 10.4 Å². The lowest BCUT2D eigenvalue weighted by Gasteiger charge is -2.17. The molecule has 3 rings (SSSR count). The van der Waals surface area contributed by atoms with Gasteiger partial charge in [-0.2, -0.15) is 0 Å². The van der Waals surface area contributed by atoms with Gasteiger partial charge in [0.2, 0.25) is 0 Å². The first-order valence-corrected chi connectivity index (χ1v) is 6.66. The molecule has 0 radical (unpaired) electrons. The molecular weight excluding hydrogens is 228 g/mol. The van der Waals surface area contributed by atoms with E-state index in [0.717, 1.165) is 17.5 Å². The molecular formula is C14H18N2O2. The number of aromatic carboxylic acids is 1. The van der Waals surface area contributed by atoms with Crippen LogP contribution in [0, 0.1) is 11.8 Å². The number of carboxylic acid groups (broad SMARTS) is 1. The Morgan fingerprint density at radius 1 is 1.33 bits per heavy atom. The third-order valence-electron chi connectivity index (χ3n) is 3.80. The molecule has 96 valence electrons. The zero-order valence-corrected chi connectivity index (χ0v) is 10.3.